The van der Waals surface area contributed by atoms with Crippen LogP contribution in [0.15, 0.2) is 18.2 Å². The number of carbonyl (C=O) groups excluding carboxylic acids is 4. The molecule has 1 aromatic rings. The highest BCUT2D eigenvalue weighted by molar-refractivity contribution is 5.95. The van der Waals surface area contributed by atoms with E-state index >= 15 is 0 Å². The predicted octanol–water partition coefficient (Wildman–Crippen LogP) is 4.06. The Morgan fingerprint density at radius 1 is 0.919 bits per heavy atom. The number of aliphatic hydroxyl groups excluding tert-OH is 1. The minimum Gasteiger partial charge on any atom is -0.458 e. The molecule has 25 heteroatoms. The second kappa shape index (κ2) is 24.4. The minimum atomic E-state index is -1.67. The molecule has 4 aliphatic heterocycles. The number of rotatable bonds is 14. The molecular formula is C49H78N6O19. The van der Waals surface area contributed by atoms with Crippen LogP contribution in [0.2, 0.25) is 0 Å². The highest BCUT2D eigenvalue weighted by atomic mass is 16.8. The van der Waals surface area contributed by atoms with Gasteiger partial charge in [-0.2, -0.15) is 0 Å². The molecule has 0 radical (unpaired) electrons. The third-order valence-electron chi connectivity index (χ3n) is 15.1. The monoisotopic (exact) mass is 1050 g/mol. The first-order chi connectivity index (χ1) is 34.5. The lowest BCUT2D eigenvalue weighted by molar-refractivity contribution is -0.394. The highest BCUT2D eigenvalue weighted by Gasteiger charge is 2.58. The normalized spacial score (nSPS) is 38.5. The number of hydrogen-bond donors (Lipinski definition) is 4. The van der Waals surface area contributed by atoms with E-state index < -0.39 is 135 Å². The minimum absolute atomic E-state index is 0.0670. The standard InChI is InChI=1S/C49H78N6O19/c1-15-35-49(10)40(73-46(60)74-49)29(6)53(13)24-25(2)22-47(8,61)39(71-44-37(56)34(52(11)12)18-26(3)67-44)27(4)38(28(5)43(58)69-35)70-36-23-48(9,66-14)41(30(7)68-36)72-45(59)51-17-16-50-42(57)31-19-32(54(62)63)21-33(20-31)55(64)65/h19-21,25-30,34-41,44,56,61H,15-18,22-24H2,1-14H3,(H,50,57)(H,51,59)/t25-,26-,27+,28-,29-,30+,34+,35-,36+,37-,38+,39-,40-,41+,44+,47-,48-,49-/m1/s1. The quantitative estimate of drug-likeness (QED) is 0.0671. The van der Waals surface area contributed by atoms with Crippen LogP contribution in [0.3, 0.4) is 0 Å². The van der Waals surface area contributed by atoms with Crippen molar-refractivity contribution in [2.45, 2.75) is 185 Å². The van der Waals surface area contributed by atoms with Gasteiger partial charge in [-0.1, -0.05) is 20.8 Å². The van der Waals surface area contributed by atoms with Gasteiger partial charge in [-0.3, -0.25) is 34.7 Å². The van der Waals surface area contributed by atoms with E-state index in [4.69, 9.17) is 42.6 Å². The molecule has 0 bridgehead atoms. The smallest absolute Gasteiger partial charge is 0.458 e. The zero-order chi connectivity index (χ0) is 55.4. The lowest BCUT2D eigenvalue weighted by Gasteiger charge is -2.49. The number of nitrogens with one attached hydrogen (secondary N) is 2. The Morgan fingerprint density at radius 2 is 1.54 bits per heavy atom. The fourth-order valence-electron chi connectivity index (χ4n) is 11.1. The van der Waals surface area contributed by atoms with Crippen molar-refractivity contribution >= 4 is 35.5 Å². The summed E-state index contributed by atoms with van der Waals surface area (Å²) in [5.41, 5.74) is -5.98. The molecule has 4 saturated heterocycles. The number of esters is 1. The maximum absolute atomic E-state index is 14.7. The lowest BCUT2D eigenvalue weighted by Crippen LogP contribution is -2.61. The van der Waals surface area contributed by atoms with Gasteiger partial charge in [0.25, 0.3) is 17.3 Å². The molecule has 0 unspecified atom stereocenters. The molecule has 5 rings (SSSR count). The van der Waals surface area contributed by atoms with Gasteiger partial charge in [-0.05, 0) is 94.8 Å². The number of likely N-dealkylation sites (N-methyl/N-ethyl adjacent to an activating group) is 2. The zero-order valence-electron chi connectivity index (χ0n) is 45.0. The van der Waals surface area contributed by atoms with Gasteiger partial charge in [0.2, 0.25) is 0 Å². The summed E-state index contributed by atoms with van der Waals surface area (Å²) >= 11 is 0. The van der Waals surface area contributed by atoms with Gasteiger partial charge in [0, 0.05) is 63.3 Å². The number of aliphatic hydroxyl groups is 2. The fraction of sp³-hybridized carbons (Fsp3) is 0.796. The maximum Gasteiger partial charge on any atom is 0.509 e. The van der Waals surface area contributed by atoms with Crippen LogP contribution >= 0.6 is 0 Å². The van der Waals surface area contributed by atoms with Crippen LogP contribution in [-0.4, -0.2) is 192 Å². The maximum atomic E-state index is 14.7. The molecule has 4 aliphatic rings. The number of nitrogens with zero attached hydrogens (tertiary/aromatic N) is 4. The Kier molecular flexibility index (Phi) is 19.8. The van der Waals surface area contributed by atoms with Gasteiger partial charge in [0.15, 0.2) is 30.4 Å². The number of fused-ring (bicyclic) bond motifs is 1. The van der Waals surface area contributed by atoms with Crippen molar-refractivity contribution in [1.29, 1.82) is 0 Å². The molecule has 0 aliphatic carbocycles. The number of benzene rings is 1. The molecule has 25 nitrogen and oxygen atoms in total. The number of carbonyl (C=O) groups is 4. The van der Waals surface area contributed by atoms with Crippen molar-refractivity contribution in [2.24, 2.45) is 17.8 Å². The van der Waals surface area contributed by atoms with Crippen LogP contribution in [0.1, 0.15) is 105 Å². The van der Waals surface area contributed by atoms with Crippen molar-refractivity contribution in [2.75, 3.05) is 47.9 Å². The Labute approximate surface area is 431 Å². The molecule has 4 fully saturated rings. The molecule has 4 heterocycles. The van der Waals surface area contributed by atoms with Crippen molar-refractivity contribution in [1.82, 2.24) is 20.4 Å². The van der Waals surface area contributed by atoms with E-state index in [0.717, 1.165) is 18.2 Å². The summed E-state index contributed by atoms with van der Waals surface area (Å²) in [6.45, 7) is 17.6. The van der Waals surface area contributed by atoms with Crippen molar-refractivity contribution < 1.29 is 81.9 Å². The van der Waals surface area contributed by atoms with Crippen molar-refractivity contribution in [3.8, 4) is 0 Å². The summed E-state index contributed by atoms with van der Waals surface area (Å²) < 4.78 is 56.2. The van der Waals surface area contributed by atoms with E-state index in [0.29, 0.717) is 13.0 Å². The van der Waals surface area contributed by atoms with E-state index in [1.165, 1.54) is 7.11 Å². The Morgan fingerprint density at radius 3 is 2.12 bits per heavy atom. The third-order valence-corrected chi connectivity index (χ3v) is 15.1. The van der Waals surface area contributed by atoms with E-state index in [-0.39, 0.29) is 56.0 Å². The Bertz CT molecular complexity index is 2140. The van der Waals surface area contributed by atoms with E-state index in [1.54, 1.807) is 48.5 Å². The Hall–Kier alpha value is -4.86. The number of nitro groups is 2. The summed E-state index contributed by atoms with van der Waals surface area (Å²) in [6.07, 6.45) is -10.9. The zero-order valence-corrected chi connectivity index (χ0v) is 45.0. The van der Waals surface area contributed by atoms with Crippen LogP contribution in [0.25, 0.3) is 0 Å². The van der Waals surface area contributed by atoms with Crippen LogP contribution in [0.4, 0.5) is 21.0 Å². The number of nitro benzene ring substituents is 2. The molecule has 0 spiro atoms. The van der Waals surface area contributed by atoms with Crippen LogP contribution in [0, 0.1) is 38.0 Å². The van der Waals surface area contributed by atoms with Gasteiger partial charge in [0.1, 0.15) is 17.8 Å². The summed E-state index contributed by atoms with van der Waals surface area (Å²) in [4.78, 5) is 78.5. The average molecular weight is 1060 g/mol. The van der Waals surface area contributed by atoms with Crippen LogP contribution in [0.5, 0.6) is 0 Å². The molecule has 0 aromatic heterocycles. The second-order valence-electron chi connectivity index (χ2n) is 21.4. The molecule has 18 atom stereocenters. The fourth-order valence-corrected chi connectivity index (χ4v) is 11.1. The number of cyclic esters (lactones) is 1. The summed E-state index contributed by atoms with van der Waals surface area (Å²) in [5, 5.41) is 52.1. The molecule has 2 amide bonds. The molecule has 74 heavy (non-hydrogen) atoms. The van der Waals surface area contributed by atoms with Gasteiger partial charge in [0.05, 0.1) is 57.4 Å². The van der Waals surface area contributed by atoms with Crippen molar-refractivity contribution in [3.63, 3.8) is 0 Å². The van der Waals surface area contributed by atoms with Crippen LogP contribution < -0.4 is 10.6 Å². The topological polar surface area (TPSA) is 309 Å². The van der Waals surface area contributed by atoms with E-state index in [2.05, 4.69) is 10.6 Å². The summed E-state index contributed by atoms with van der Waals surface area (Å²) in [5.74, 6) is -3.81. The van der Waals surface area contributed by atoms with Gasteiger partial charge in [-0.25, -0.2) is 9.59 Å². The number of hydrogen-bond acceptors (Lipinski definition) is 21. The molecule has 418 valence electrons. The van der Waals surface area contributed by atoms with E-state index in [9.17, 15) is 49.6 Å². The third kappa shape index (κ3) is 13.8. The predicted molar refractivity (Wildman–Crippen MR) is 262 cm³/mol. The van der Waals surface area contributed by atoms with Gasteiger partial charge in [-0.15, -0.1) is 0 Å². The van der Waals surface area contributed by atoms with Crippen molar-refractivity contribution in [3.05, 3.63) is 44.0 Å². The average Bonchev–Trinajstić information content (AvgIpc) is 3.64. The molecular weight excluding hydrogens is 977 g/mol. The number of ether oxygens (including phenoxy) is 9. The SMILES string of the molecule is CC[C@H]1OC(=O)[C@H](C)[C@@H](O[C@H]2C[C@@](C)(OC)[C@@H](OC(=O)NCCNC(=O)c3cc([N+](=O)[O-])cc([N+](=O)[O-])c3)[C@H](C)O2)[C@H](C)[C@@H](O[C@@H]2O[C@H](C)C[C@H](N(C)C)[C@H]2O)[C@](C)(O)C[C@@H](C)CN(C)[C@H](C)[C@H]2OC(=O)O[C@@]21C. The number of alkyl carbamates (subject to hydrolysis) is 1. The molecule has 1 aromatic carbocycles. The largest absolute Gasteiger partial charge is 0.509 e. The first kappa shape index (κ1) is 60.0. The molecule has 0 saturated carbocycles. The number of methoxy groups -OCH3 is 1. The first-order valence-corrected chi connectivity index (χ1v) is 25.2. The number of non-ortho nitro benzene ring substituents is 2. The number of amides is 2. The van der Waals surface area contributed by atoms with Gasteiger partial charge < -0.3 is 68.4 Å². The van der Waals surface area contributed by atoms with Gasteiger partial charge >= 0.3 is 18.2 Å². The summed E-state index contributed by atoms with van der Waals surface area (Å²) in [6, 6.07) is 1.74. The highest BCUT2D eigenvalue weighted by Crippen LogP contribution is 2.42. The summed E-state index contributed by atoms with van der Waals surface area (Å²) in [7, 11) is 6.99. The first-order valence-electron chi connectivity index (χ1n) is 25.2. The lowest BCUT2D eigenvalue weighted by atomic mass is 9.77. The molecule has 4 N–H and O–H groups in total. The Balaban J connectivity index is 1.42. The second-order valence-corrected chi connectivity index (χ2v) is 21.4. The van der Waals surface area contributed by atoms with E-state index in [1.807, 2.05) is 51.7 Å². The van der Waals surface area contributed by atoms with Crippen LogP contribution in [-0.2, 0) is 47.4 Å².